The number of hydrogen-bond acceptors (Lipinski definition) is 2. The van der Waals surface area contributed by atoms with Crippen molar-refractivity contribution in [3.63, 3.8) is 0 Å². The van der Waals surface area contributed by atoms with Crippen LogP contribution in [0, 0.1) is 6.85 Å². The van der Waals surface area contributed by atoms with E-state index in [1.54, 1.807) is 0 Å². The first-order chi connectivity index (χ1) is 54.0. The maximum Gasteiger partial charge on any atom is 0.252 e. The first-order valence-electron chi connectivity index (χ1n) is 39.2. The third kappa shape index (κ3) is 10.5. The molecule has 2 aliphatic heterocycles. The van der Waals surface area contributed by atoms with Crippen molar-refractivity contribution in [2.45, 2.75) is 59.2 Å². The lowest BCUT2D eigenvalue weighted by molar-refractivity contribution is 0.590. The van der Waals surface area contributed by atoms with Crippen LogP contribution in [0.4, 0.5) is 34.1 Å². The van der Waals surface area contributed by atoms with Crippen LogP contribution >= 0.6 is 0 Å². The lowest BCUT2D eigenvalue weighted by Gasteiger charge is -2.46. The largest absolute Gasteiger partial charge is 0.310 e. The van der Waals surface area contributed by atoms with E-state index in [2.05, 4.69) is 400 Å². The van der Waals surface area contributed by atoms with Gasteiger partial charge in [0.05, 0.1) is 33.4 Å². The Morgan fingerprint density at radius 1 is 0.269 bits per heavy atom. The molecule has 0 spiro atoms. The molecule has 0 amide bonds. The van der Waals surface area contributed by atoms with Crippen LogP contribution < -0.4 is 26.2 Å². The lowest BCUT2D eigenvalue weighted by Crippen LogP contribution is -2.61. The zero-order chi connectivity index (χ0) is 75.2. The van der Waals surface area contributed by atoms with Crippen LogP contribution in [0.2, 0.25) is 0 Å². The van der Waals surface area contributed by atoms with E-state index < -0.39 is 13.6 Å². The van der Waals surface area contributed by atoms with E-state index in [0.717, 1.165) is 167 Å². The van der Waals surface area contributed by atoms with Gasteiger partial charge in [0, 0.05) is 82.0 Å². The highest BCUT2D eigenvalue weighted by Gasteiger charge is 2.46. The second kappa shape index (κ2) is 25.1. The van der Waals surface area contributed by atoms with Gasteiger partial charge in [-0.2, -0.15) is 0 Å². The van der Waals surface area contributed by atoms with E-state index in [0.29, 0.717) is 0 Å². The van der Waals surface area contributed by atoms with Gasteiger partial charge in [-0.3, -0.25) is 0 Å². The fourth-order valence-corrected chi connectivity index (χ4v) is 17.7. The maximum absolute atomic E-state index is 10.00. The number of nitrogens with zero attached hydrogens (tertiary/aromatic N) is 4. The zero-order valence-corrected chi connectivity index (χ0v) is 61.4. The van der Waals surface area contributed by atoms with Crippen LogP contribution in [-0.4, -0.2) is 15.8 Å². The van der Waals surface area contributed by atoms with Gasteiger partial charge in [-0.1, -0.05) is 296 Å². The Bertz CT molecular complexity index is 6620. The number of aromatic nitrogens is 2. The molecule has 2 aliphatic rings. The topological polar surface area (TPSA) is 16.3 Å². The molecule has 0 atom stereocenters. The molecule has 108 heavy (non-hydrogen) atoms. The van der Waals surface area contributed by atoms with Crippen molar-refractivity contribution in [1.82, 2.24) is 9.13 Å². The van der Waals surface area contributed by atoms with Crippen molar-refractivity contribution in [1.29, 1.82) is 0 Å². The molecule has 0 saturated heterocycles. The zero-order valence-electron chi connectivity index (χ0n) is 64.4. The van der Waals surface area contributed by atoms with E-state index >= 15 is 0 Å². The molecule has 0 unspecified atom stereocenters. The molecule has 0 fully saturated rings. The fourth-order valence-electron chi connectivity index (χ4n) is 17.7. The van der Waals surface area contributed by atoms with Crippen molar-refractivity contribution >= 4 is 112 Å². The van der Waals surface area contributed by atoms with E-state index in [9.17, 15) is 4.11 Å². The van der Waals surface area contributed by atoms with Gasteiger partial charge in [0.2, 0.25) is 0 Å². The SMILES string of the molecule is [2H]C([2H])([2H])c1cc2c3c(c1)N(c1c(-c4ccccc4)cc(C(C)(C)C)cc1-c1ccccc1)c1cc(-n4c5ccccc5c5cc(-c6cccc7ccccc67)ccc54)ccc1B3c1ccc(-n3c4ccccc4c4cc(-c5ccccc5)ccc43)cc1N2c1c(-c2ccccc2)cc(C(C)(C)C)cc1-c1ccccc1. The summed E-state index contributed by atoms with van der Waals surface area (Å²) >= 11 is 0. The molecule has 0 bridgehead atoms. The van der Waals surface area contributed by atoms with Crippen LogP contribution in [0.25, 0.3) is 133 Å². The number of aryl methyl sites for hydroxylation is 1. The Balaban J connectivity index is 0.941. The molecule has 0 saturated carbocycles. The van der Waals surface area contributed by atoms with Crippen molar-refractivity contribution in [3.05, 3.63) is 369 Å². The molecular formula is C103H79BN4. The summed E-state index contributed by atoms with van der Waals surface area (Å²) in [6.07, 6.45) is 0. The summed E-state index contributed by atoms with van der Waals surface area (Å²) in [7, 11) is 0. The first-order valence-corrected chi connectivity index (χ1v) is 37.7. The summed E-state index contributed by atoms with van der Waals surface area (Å²) in [5.74, 6) is 0. The minimum Gasteiger partial charge on any atom is -0.310 e. The summed E-state index contributed by atoms with van der Waals surface area (Å²) in [5, 5.41) is 7.01. The molecule has 0 aliphatic carbocycles. The maximum atomic E-state index is 10.00. The third-order valence-electron chi connectivity index (χ3n) is 22.8. The Kier molecular flexibility index (Phi) is 14.3. The quantitative estimate of drug-likeness (QED) is 0.127. The molecule has 0 radical (unpaired) electrons. The van der Waals surface area contributed by atoms with Crippen molar-refractivity contribution in [2.24, 2.45) is 0 Å². The highest BCUT2D eigenvalue weighted by molar-refractivity contribution is 7.00. The standard InChI is InChI=1S/C103H79BN4/c1-66-56-97-99-98(57-66)108(101-85(71-36-19-11-20-37-71)62-76(103(5,6)7)63-86(101)72-38-21-12-22-39-72)96-65-78(106-92-47-28-26-44-82(92)88-59-74(49-55-94(88)106)80-45-29-41-68-40-23-24-42-79(68)80)51-53-90(96)104(99)89-52-50-77(105-91-46-27-25-43-81(91)87-58-73(48-54-93(87)105)67-30-13-8-14-31-67)64-95(89)107(97)100-83(69-32-15-9-16-33-69)60-75(102(2,3)4)61-84(100)70-34-17-10-18-35-70/h8-65H,1-7H3/i1D3. The van der Waals surface area contributed by atoms with Crippen LogP contribution in [-0.2, 0) is 10.8 Å². The minimum atomic E-state index is -2.60. The molecular weight excluding hydrogens is 1300 g/mol. The van der Waals surface area contributed by atoms with Gasteiger partial charge in [0.15, 0.2) is 0 Å². The van der Waals surface area contributed by atoms with Crippen molar-refractivity contribution < 1.29 is 4.11 Å². The average Bonchev–Trinajstić information content (AvgIpc) is 0.840. The van der Waals surface area contributed by atoms with Gasteiger partial charge in [-0.25, -0.2) is 0 Å². The van der Waals surface area contributed by atoms with Crippen molar-refractivity contribution in [2.75, 3.05) is 9.80 Å². The van der Waals surface area contributed by atoms with Gasteiger partial charge in [0.25, 0.3) is 6.71 Å². The van der Waals surface area contributed by atoms with Gasteiger partial charge in [-0.15, -0.1) is 0 Å². The number of anilines is 6. The normalized spacial score (nSPS) is 13.2. The first kappa shape index (κ1) is 61.4. The molecule has 4 heterocycles. The lowest BCUT2D eigenvalue weighted by atomic mass is 9.33. The monoisotopic (exact) mass is 1390 g/mol. The number of para-hydroxylation sites is 2. The molecule has 18 aromatic rings. The Morgan fingerprint density at radius 2 is 0.639 bits per heavy atom. The molecule has 5 heteroatoms. The average molecular weight is 1390 g/mol. The summed E-state index contributed by atoms with van der Waals surface area (Å²) in [5.41, 5.74) is 29.7. The predicted molar refractivity (Wildman–Crippen MR) is 461 cm³/mol. The van der Waals surface area contributed by atoms with E-state index in [1.165, 1.54) is 27.5 Å². The number of hydrogen-bond donors (Lipinski definition) is 0. The van der Waals surface area contributed by atoms with Crippen LogP contribution in [0.5, 0.6) is 0 Å². The number of rotatable bonds is 10. The number of benzene rings is 16. The Hall–Kier alpha value is -13.0. The molecule has 20 rings (SSSR count). The Morgan fingerprint density at radius 3 is 1.07 bits per heavy atom. The summed E-state index contributed by atoms with van der Waals surface area (Å²) in [6, 6.07) is 129. The summed E-state index contributed by atoms with van der Waals surface area (Å²) < 4.78 is 34.9. The van der Waals surface area contributed by atoms with Gasteiger partial charge < -0.3 is 18.9 Å². The number of fused-ring (bicyclic) bond motifs is 11. The fraction of sp³-hybridized carbons (Fsp3) is 0.0874. The van der Waals surface area contributed by atoms with E-state index in [-0.39, 0.29) is 16.4 Å². The second-order valence-corrected chi connectivity index (χ2v) is 31.4. The van der Waals surface area contributed by atoms with E-state index in [1.807, 2.05) is 12.1 Å². The van der Waals surface area contributed by atoms with Crippen molar-refractivity contribution in [3.8, 4) is 78.1 Å². The van der Waals surface area contributed by atoms with E-state index in [4.69, 9.17) is 0 Å². The van der Waals surface area contributed by atoms with Crippen LogP contribution in [0.15, 0.2) is 352 Å². The summed E-state index contributed by atoms with van der Waals surface area (Å²) in [6.45, 7) is 10.7. The second-order valence-electron chi connectivity index (χ2n) is 31.4. The highest BCUT2D eigenvalue weighted by Crippen LogP contribution is 2.55. The molecule has 16 aromatic carbocycles. The van der Waals surface area contributed by atoms with Crippen LogP contribution in [0.1, 0.15) is 62.3 Å². The van der Waals surface area contributed by atoms with Gasteiger partial charge in [0.1, 0.15) is 0 Å². The van der Waals surface area contributed by atoms with Crippen LogP contribution in [0.3, 0.4) is 0 Å². The molecule has 0 N–H and O–H groups in total. The van der Waals surface area contributed by atoms with Gasteiger partial charge >= 0.3 is 0 Å². The third-order valence-corrected chi connectivity index (χ3v) is 22.8. The highest BCUT2D eigenvalue weighted by atomic mass is 15.2. The summed E-state index contributed by atoms with van der Waals surface area (Å²) in [4.78, 5) is 4.98. The minimum absolute atomic E-state index is 0.230. The van der Waals surface area contributed by atoms with Gasteiger partial charge in [-0.05, 0) is 203 Å². The smallest absolute Gasteiger partial charge is 0.252 e. The predicted octanol–water partition coefficient (Wildman–Crippen LogP) is 26.0. The molecule has 514 valence electrons. The Labute approximate surface area is 636 Å². The molecule has 2 aromatic heterocycles. The molecule has 4 nitrogen and oxygen atoms in total.